The summed E-state index contributed by atoms with van der Waals surface area (Å²) in [6.07, 6.45) is 0. The van der Waals surface area contributed by atoms with Crippen LogP contribution in [0.25, 0.3) is 0 Å². The molecule has 0 saturated carbocycles. The molecular formula is C15H22N2O4. The highest BCUT2D eigenvalue weighted by Gasteiger charge is 2.23. The van der Waals surface area contributed by atoms with Gasteiger partial charge in [0.1, 0.15) is 6.04 Å². The molecule has 116 valence electrons. The van der Waals surface area contributed by atoms with Crippen molar-refractivity contribution in [3.8, 4) is 0 Å². The van der Waals surface area contributed by atoms with Gasteiger partial charge in [-0.05, 0) is 12.5 Å². The molecule has 6 heteroatoms. The van der Waals surface area contributed by atoms with Crippen molar-refractivity contribution in [3.05, 3.63) is 35.9 Å². The molecule has 0 aromatic heterocycles. The molecule has 0 spiro atoms. The molecule has 0 saturated heterocycles. The highest BCUT2D eigenvalue weighted by molar-refractivity contribution is 5.83. The van der Waals surface area contributed by atoms with Crippen LogP contribution in [0.4, 0.5) is 0 Å². The Labute approximate surface area is 124 Å². The molecule has 0 aliphatic heterocycles. The van der Waals surface area contributed by atoms with Crippen LogP contribution in [0.15, 0.2) is 30.3 Å². The van der Waals surface area contributed by atoms with E-state index >= 15 is 0 Å². The van der Waals surface area contributed by atoms with E-state index in [4.69, 9.17) is 15.2 Å². The molecular weight excluding hydrogens is 272 g/mol. The number of amides is 1. The fraction of sp³-hybridized carbons (Fsp3) is 0.467. The second-order valence-electron chi connectivity index (χ2n) is 4.52. The van der Waals surface area contributed by atoms with Gasteiger partial charge in [0.2, 0.25) is 5.91 Å². The highest BCUT2D eigenvalue weighted by atomic mass is 16.5. The summed E-state index contributed by atoms with van der Waals surface area (Å²) in [5.74, 6) is -1.28. The Hall–Kier alpha value is -1.92. The Morgan fingerprint density at radius 3 is 2.52 bits per heavy atom. The SMILES string of the molecule is CCOC(=O)C(CNC(=O)C(N)COC)c1ccccc1. The maximum absolute atomic E-state index is 12.0. The van der Waals surface area contributed by atoms with Crippen molar-refractivity contribution in [2.45, 2.75) is 18.9 Å². The Morgan fingerprint density at radius 2 is 1.95 bits per heavy atom. The van der Waals surface area contributed by atoms with Crippen LogP contribution < -0.4 is 11.1 Å². The van der Waals surface area contributed by atoms with E-state index in [1.54, 1.807) is 6.92 Å². The third kappa shape index (κ3) is 5.53. The molecule has 2 atom stereocenters. The summed E-state index contributed by atoms with van der Waals surface area (Å²) in [6.45, 7) is 2.30. The van der Waals surface area contributed by atoms with Crippen LogP contribution >= 0.6 is 0 Å². The molecule has 0 aliphatic rings. The van der Waals surface area contributed by atoms with E-state index in [9.17, 15) is 9.59 Å². The largest absolute Gasteiger partial charge is 0.465 e. The van der Waals surface area contributed by atoms with Crippen LogP contribution in [0, 0.1) is 0 Å². The molecule has 0 heterocycles. The maximum atomic E-state index is 12.0. The Kier molecular flexibility index (Phi) is 7.42. The zero-order valence-corrected chi connectivity index (χ0v) is 12.4. The molecule has 21 heavy (non-hydrogen) atoms. The van der Waals surface area contributed by atoms with Crippen LogP contribution in [0.1, 0.15) is 18.4 Å². The Bertz CT molecular complexity index is 450. The molecule has 1 aromatic carbocycles. The van der Waals surface area contributed by atoms with Gasteiger partial charge in [-0.2, -0.15) is 0 Å². The zero-order chi connectivity index (χ0) is 15.7. The molecule has 0 fully saturated rings. The van der Waals surface area contributed by atoms with E-state index in [0.29, 0.717) is 6.61 Å². The van der Waals surface area contributed by atoms with Crippen LogP contribution in [-0.4, -0.2) is 44.8 Å². The third-order valence-corrected chi connectivity index (χ3v) is 2.94. The average Bonchev–Trinajstić information content (AvgIpc) is 2.49. The lowest BCUT2D eigenvalue weighted by molar-refractivity contribution is -0.144. The van der Waals surface area contributed by atoms with Crippen LogP contribution in [0.3, 0.4) is 0 Å². The molecule has 1 aromatic rings. The van der Waals surface area contributed by atoms with Gasteiger partial charge >= 0.3 is 5.97 Å². The lowest BCUT2D eigenvalue weighted by Crippen LogP contribution is -2.45. The van der Waals surface area contributed by atoms with E-state index in [2.05, 4.69) is 5.32 Å². The number of carbonyl (C=O) groups is 2. The lowest BCUT2D eigenvalue weighted by atomic mass is 9.99. The average molecular weight is 294 g/mol. The first-order valence-corrected chi connectivity index (χ1v) is 6.84. The molecule has 0 bridgehead atoms. The summed E-state index contributed by atoms with van der Waals surface area (Å²) in [5, 5.41) is 2.66. The smallest absolute Gasteiger partial charge is 0.315 e. The van der Waals surface area contributed by atoms with E-state index in [1.165, 1.54) is 7.11 Å². The first-order chi connectivity index (χ1) is 10.1. The summed E-state index contributed by atoms with van der Waals surface area (Å²) in [6, 6.07) is 8.42. The van der Waals surface area contributed by atoms with Crippen molar-refractivity contribution in [2.75, 3.05) is 26.9 Å². The van der Waals surface area contributed by atoms with Crippen molar-refractivity contribution in [2.24, 2.45) is 5.73 Å². The normalized spacial score (nSPS) is 13.3. The number of rotatable bonds is 8. The number of nitrogens with one attached hydrogen (secondary N) is 1. The van der Waals surface area contributed by atoms with Crippen molar-refractivity contribution in [1.29, 1.82) is 0 Å². The summed E-state index contributed by atoms with van der Waals surface area (Å²) >= 11 is 0. The molecule has 2 unspecified atom stereocenters. The molecule has 1 rings (SSSR count). The van der Waals surface area contributed by atoms with Gasteiger partial charge < -0.3 is 20.5 Å². The summed E-state index contributed by atoms with van der Waals surface area (Å²) in [4.78, 5) is 23.8. The molecule has 6 nitrogen and oxygen atoms in total. The third-order valence-electron chi connectivity index (χ3n) is 2.94. The fourth-order valence-corrected chi connectivity index (χ4v) is 1.85. The fourth-order valence-electron chi connectivity index (χ4n) is 1.85. The molecule has 1 amide bonds. The summed E-state index contributed by atoms with van der Waals surface area (Å²) < 4.78 is 9.88. The minimum absolute atomic E-state index is 0.126. The van der Waals surface area contributed by atoms with Crippen LogP contribution in [0.5, 0.6) is 0 Å². The van der Waals surface area contributed by atoms with Gasteiger partial charge in [-0.1, -0.05) is 30.3 Å². The predicted octanol–water partition coefficient (Wildman–Crippen LogP) is 0.423. The first-order valence-electron chi connectivity index (χ1n) is 6.84. The zero-order valence-electron chi connectivity index (χ0n) is 12.4. The van der Waals surface area contributed by atoms with Crippen molar-refractivity contribution in [1.82, 2.24) is 5.32 Å². The summed E-state index contributed by atoms with van der Waals surface area (Å²) in [5.41, 5.74) is 6.42. The Morgan fingerprint density at radius 1 is 1.29 bits per heavy atom. The first kappa shape index (κ1) is 17.1. The van der Waals surface area contributed by atoms with Gasteiger partial charge in [-0.3, -0.25) is 9.59 Å². The van der Waals surface area contributed by atoms with E-state index in [0.717, 1.165) is 5.56 Å². The van der Waals surface area contributed by atoms with Gasteiger partial charge in [0.25, 0.3) is 0 Å². The monoisotopic (exact) mass is 294 g/mol. The molecule has 0 aliphatic carbocycles. The number of benzene rings is 1. The van der Waals surface area contributed by atoms with Gasteiger partial charge in [0.15, 0.2) is 0 Å². The number of methoxy groups -OCH3 is 1. The number of ether oxygens (including phenoxy) is 2. The number of esters is 1. The van der Waals surface area contributed by atoms with E-state index < -0.39 is 12.0 Å². The second-order valence-corrected chi connectivity index (χ2v) is 4.52. The van der Waals surface area contributed by atoms with Crippen LogP contribution in [0.2, 0.25) is 0 Å². The minimum Gasteiger partial charge on any atom is -0.465 e. The van der Waals surface area contributed by atoms with Crippen molar-refractivity contribution >= 4 is 11.9 Å². The van der Waals surface area contributed by atoms with E-state index in [1.807, 2.05) is 30.3 Å². The quantitative estimate of drug-likeness (QED) is 0.678. The predicted molar refractivity (Wildman–Crippen MR) is 78.7 cm³/mol. The second kappa shape index (κ2) is 9.10. The van der Waals surface area contributed by atoms with Crippen LogP contribution in [-0.2, 0) is 19.1 Å². The van der Waals surface area contributed by atoms with Gasteiger partial charge in [0.05, 0.1) is 19.1 Å². The topological polar surface area (TPSA) is 90.7 Å². The number of hydrogen-bond acceptors (Lipinski definition) is 5. The standard InChI is InChI=1S/C15H22N2O4/c1-3-21-15(19)12(11-7-5-4-6-8-11)9-17-14(18)13(16)10-20-2/h4-8,12-13H,3,9-10,16H2,1-2H3,(H,17,18). The number of hydrogen-bond donors (Lipinski definition) is 2. The maximum Gasteiger partial charge on any atom is 0.315 e. The molecule has 0 radical (unpaired) electrons. The Balaban J connectivity index is 2.70. The summed E-state index contributed by atoms with van der Waals surface area (Å²) in [7, 11) is 1.47. The van der Waals surface area contributed by atoms with Crippen molar-refractivity contribution in [3.63, 3.8) is 0 Å². The number of carbonyl (C=O) groups excluding carboxylic acids is 2. The van der Waals surface area contributed by atoms with Gasteiger partial charge in [-0.15, -0.1) is 0 Å². The van der Waals surface area contributed by atoms with E-state index in [-0.39, 0.29) is 25.0 Å². The highest BCUT2D eigenvalue weighted by Crippen LogP contribution is 2.16. The number of nitrogens with two attached hydrogens (primary N) is 1. The van der Waals surface area contributed by atoms with Crippen molar-refractivity contribution < 1.29 is 19.1 Å². The molecule has 3 N–H and O–H groups in total. The van der Waals surface area contributed by atoms with Gasteiger partial charge in [0, 0.05) is 13.7 Å². The lowest BCUT2D eigenvalue weighted by Gasteiger charge is -2.18. The van der Waals surface area contributed by atoms with Gasteiger partial charge in [-0.25, -0.2) is 0 Å². The minimum atomic E-state index is -0.756.